The number of nitrogens with one attached hydrogen (secondary N) is 1. The molecule has 1 saturated heterocycles. The molecule has 1 aromatic rings. The SMILES string of the molecule is CC(NCc1ccccc1)N1CCOCC1. The Morgan fingerprint density at radius 3 is 2.62 bits per heavy atom. The first-order chi connectivity index (χ1) is 7.86. The zero-order chi connectivity index (χ0) is 11.2. The molecule has 3 heteroatoms. The third-order valence-corrected chi connectivity index (χ3v) is 3.04. The monoisotopic (exact) mass is 220 g/mol. The maximum Gasteiger partial charge on any atom is 0.0594 e. The number of morpholine rings is 1. The molecule has 1 aliphatic rings. The van der Waals surface area contributed by atoms with Crippen molar-refractivity contribution in [1.82, 2.24) is 10.2 Å². The molecule has 0 spiro atoms. The van der Waals surface area contributed by atoms with Gasteiger partial charge in [-0.15, -0.1) is 0 Å². The number of hydrogen-bond acceptors (Lipinski definition) is 3. The first-order valence-electron chi connectivity index (χ1n) is 5.95. The molecule has 0 radical (unpaired) electrons. The van der Waals surface area contributed by atoms with Gasteiger partial charge < -0.3 is 4.74 Å². The van der Waals surface area contributed by atoms with Crippen LogP contribution >= 0.6 is 0 Å². The van der Waals surface area contributed by atoms with Crippen molar-refractivity contribution in [2.24, 2.45) is 0 Å². The number of hydrogen-bond donors (Lipinski definition) is 1. The van der Waals surface area contributed by atoms with Crippen molar-refractivity contribution in [3.8, 4) is 0 Å². The predicted molar refractivity (Wildman–Crippen MR) is 65.1 cm³/mol. The third kappa shape index (κ3) is 3.30. The van der Waals surface area contributed by atoms with Gasteiger partial charge in [0.15, 0.2) is 0 Å². The minimum Gasteiger partial charge on any atom is -0.379 e. The molecule has 2 rings (SSSR count). The molecule has 16 heavy (non-hydrogen) atoms. The topological polar surface area (TPSA) is 24.5 Å². The second kappa shape index (κ2) is 5.99. The van der Waals surface area contributed by atoms with Gasteiger partial charge in [-0.1, -0.05) is 30.3 Å². The molecule has 1 unspecified atom stereocenters. The maximum atomic E-state index is 5.34. The number of ether oxygens (including phenoxy) is 1. The van der Waals surface area contributed by atoms with Crippen molar-refractivity contribution in [1.29, 1.82) is 0 Å². The van der Waals surface area contributed by atoms with Gasteiger partial charge in [0.1, 0.15) is 0 Å². The molecule has 88 valence electrons. The number of benzene rings is 1. The Morgan fingerprint density at radius 2 is 1.94 bits per heavy atom. The van der Waals surface area contributed by atoms with E-state index in [4.69, 9.17) is 4.74 Å². The molecule has 1 N–H and O–H groups in total. The highest BCUT2D eigenvalue weighted by Crippen LogP contribution is 2.03. The Balaban J connectivity index is 1.76. The fraction of sp³-hybridized carbons (Fsp3) is 0.538. The third-order valence-electron chi connectivity index (χ3n) is 3.04. The average Bonchev–Trinajstić information content (AvgIpc) is 2.38. The van der Waals surface area contributed by atoms with E-state index in [0.29, 0.717) is 6.17 Å². The lowest BCUT2D eigenvalue weighted by atomic mass is 10.2. The summed E-state index contributed by atoms with van der Waals surface area (Å²) >= 11 is 0. The van der Waals surface area contributed by atoms with Crippen molar-refractivity contribution >= 4 is 0 Å². The lowest BCUT2D eigenvalue weighted by Crippen LogP contribution is -2.48. The summed E-state index contributed by atoms with van der Waals surface area (Å²) in [6.45, 7) is 6.92. The fourth-order valence-electron chi connectivity index (χ4n) is 1.96. The van der Waals surface area contributed by atoms with Crippen molar-refractivity contribution in [3.63, 3.8) is 0 Å². The minimum absolute atomic E-state index is 0.420. The van der Waals surface area contributed by atoms with Gasteiger partial charge in [0.2, 0.25) is 0 Å². The maximum absolute atomic E-state index is 5.34. The zero-order valence-electron chi connectivity index (χ0n) is 9.86. The summed E-state index contributed by atoms with van der Waals surface area (Å²) in [6.07, 6.45) is 0.420. The van der Waals surface area contributed by atoms with Crippen LogP contribution in [-0.4, -0.2) is 37.4 Å². The van der Waals surface area contributed by atoms with E-state index < -0.39 is 0 Å². The van der Waals surface area contributed by atoms with E-state index in [1.807, 2.05) is 0 Å². The van der Waals surface area contributed by atoms with Crippen LogP contribution in [0.15, 0.2) is 30.3 Å². The second-order valence-corrected chi connectivity index (χ2v) is 4.19. The minimum atomic E-state index is 0.420. The van der Waals surface area contributed by atoms with Crippen LogP contribution in [0.2, 0.25) is 0 Å². The summed E-state index contributed by atoms with van der Waals surface area (Å²) in [7, 11) is 0. The summed E-state index contributed by atoms with van der Waals surface area (Å²) in [5.74, 6) is 0. The summed E-state index contributed by atoms with van der Waals surface area (Å²) in [5.41, 5.74) is 1.34. The average molecular weight is 220 g/mol. The summed E-state index contributed by atoms with van der Waals surface area (Å²) in [6, 6.07) is 10.5. The lowest BCUT2D eigenvalue weighted by Gasteiger charge is -2.32. The highest BCUT2D eigenvalue weighted by atomic mass is 16.5. The Labute approximate surface area is 97.4 Å². The summed E-state index contributed by atoms with van der Waals surface area (Å²) in [4.78, 5) is 2.42. The Hall–Kier alpha value is -0.900. The Morgan fingerprint density at radius 1 is 1.25 bits per heavy atom. The standard InChI is InChI=1S/C13H20N2O/c1-12(15-7-9-16-10-8-15)14-11-13-5-3-2-4-6-13/h2-6,12,14H,7-11H2,1H3. The quantitative estimate of drug-likeness (QED) is 0.831. The van der Waals surface area contributed by atoms with Crippen LogP contribution in [0.4, 0.5) is 0 Å². The van der Waals surface area contributed by atoms with Crippen molar-refractivity contribution in [2.45, 2.75) is 19.6 Å². The van der Waals surface area contributed by atoms with Gasteiger partial charge in [0.05, 0.1) is 19.4 Å². The molecule has 1 atom stereocenters. The van der Waals surface area contributed by atoms with E-state index in [0.717, 1.165) is 32.8 Å². The van der Waals surface area contributed by atoms with Crippen LogP contribution in [-0.2, 0) is 11.3 Å². The van der Waals surface area contributed by atoms with E-state index in [2.05, 4.69) is 47.5 Å². The Kier molecular flexibility index (Phi) is 4.34. The van der Waals surface area contributed by atoms with Gasteiger partial charge in [-0.25, -0.2) is 0 Å². The van der Waals surface area contributed by atoms with Gasteiger partial charge in [0.25, 0.3) is 0 Å². The summed E-state index contributed by atoms with van der Waals surface area (Å²) < 4.78 is 5.34. The van der Waals surface area contributed by atoms with Crippen molar-refractivity contribution < 1.29 is 4.74 Å². The van der Waals surface area contributed by atoms with Gasteiger partial charge >= 0.3 is 0 Å². The van der Waals surface area contributed by atoms with Crippen LogP contribution in [0, 0.1) is 0 Å². The molecule has 0 amide bonds. The molecule has 0 saturated carbocycles. The number of nitrogens with zero attached hydrogens (tertiary/aromatic N) is 1. The van der Waals surface area contributed by atoms with E-state index in [9.17, 15) is 0 Å². The molecule has 0 aliphatic carbocycles. The van der Waals surface area contributed by atoms with E-state index in [-0.39, 0.29) is 0 Å². The number of rotatable bonds is 4. The fourth-order valence-corrected chi connectivity index (χ4v) is 1.96. The molecule has 1 heterocycles. The van der Waals surface area contributed by atoms with Gasteiger partial charge in [0, 0.05) is 19.6 Å². The normalized spacial score (nSPS) is 19.6. The smallest absolute Gasteiger partial charge is 0.0594 e. The van der Waals surface area contributed by atoms with Crippen LogP contribution in [0.25, 0.3) is 0 Å². The van der Waals surface area contributed by atoms with Crippen LogP contribution in [0.1, 0.15) is 12.5 Å². The molecule has 1 aromatic carbocycles. The van der Waals surface area contributed by atoms with E-state index in [1.165, 1.54) is 5.56 Å². The molecule has 1 aliphatic heterocycles. The van der Waals surface area contributed by atoms with Gasteiger partial charge in [-0.3, -0.25) is 10.2 Å². The largest absolute Gasteiger partial charge is 0.379 e. The molecule has 0 aromatic heterocycles. The predicted octanol–water partition coefficient (Wildman–Crippen LogP) is 1.45. The first kappa shape index (κ1) is 11.6. The van der Waals surface area contributed by atoms with Crippen LogP contribution < -0.4 is 5.32 Å². The molecular weight excluding hydrogens is 200 g/mol. The van der Waals surface area contributed by atoms with Gasteiger partial charge in [-0.05, 0) is 12.5 Å². The summed E-state index contributed by atoms with van der Waals surface area (Å²) in [5, 5.41) is 3.54. The first-order valence-corrected chi connectivity index (χ1v) is 5.95. The van der Waals surface area contributed by atoms with E-state index >= 15 is 0 Å². The highest BCUT2D eigenvalue weighted by molar-refractivity contribution is 5.14. The van der Waals surface area contributed by atoms with Gasteiger partial charge in [-0.2, -0.15) is 0 Å². The van der Waals surface area contributed by atoms with Crippen LogP contribution in [0.3, 0.4) is 0 Å². The molecule has 1 fully saturated rings. The lowest BCUT2D eigenvalue weighted by molar-refractivity contribution is 0.0128. The molecular formula is C13H20N2O. The zero-order valence-corrected chi connectivity index (χ0v) is 9.86. The highest BCUT2D eigenvalue weighted by Gasteiger charge is 2.15. The molecule has 3 nitrogen and oxygen atoms in total. The van der Waals surface area contributed by atoms with Crippen molar-refractivity contribution in [3.05, 3.63) is 35.9 Å². The Bertz CT molecular complexity index is 296. The second-order valence-electron chi connectivity index (χ2n) is 4.19. The molecule has 0 bridgehead atoms. The van der Waals surface area contributed by atoms with Crippen molar-refractivity contribution in [2.75, 3.05) is 26.3 Å². The van der Waals surface area contributed by atoms with Crippen LogP contribution in [0.5, 0.6) is 0 Å². The van der Waals surface area contributed by atoms with E-state index in [1.54, 1.807) is 0 Å².